The first-order chi connectivity index (χ1) is 15.0. The molecule has 1 heterocycles. The molecule has 0 aliphatic carbocycles. The number of guanidine groups is 1. The van der Waals surface area contributed by atoms with Gasteiger partial charge in [0.15, 0.2) is 5.96 Å². The SMILES string of the molecule is CCNC(=NCc1ccc(C(F)(F)F)cc1)NCCc1nccn1Cc1ccccc1.I. The van der Waals surface area contributed by atoms with Crippen molar-refractivity contribution in [2.24, 2.45) is 4.99 Å². The summed E-state index contributed by atoms with van der Waals surface area (Å²) in [6.07, 6.45) is 0.142. The van der Waals surface area contributed by atoms with Crippen LogP contribution in [0.3, 0.4) is 0 Å². The maximum absolute atomic E-state index is 12.7. The zero-order valence-electron chi connectivity index (χ0n) is 17.8. The number of nitrogens with one attached hydrogen (secondary N) is 2. The van der Waals surface area contributed by atoms with Crippen LogP contribution in [0.4, 0.5) is 13.2 Å². The molecular weight excluding hydrogens is 530 g/mol. The van der Waals surface area contributed by atoms with Crippen LogP contribution in [0.15, 0.2) is 72.0 Å². The number of benzene rings is 2. The molecule has 0 aliphatic heterocycles. The zero-order valence-corrected chi connectivity index (χ0v) is 20.1. The standard InChI is InChI=1S/C23H26F3N5.HI/c1-2-27-22(30-16-18-8-10-20(11-9-18)23(24,25)26)29-13-12-21-28-14-15-31(21)17-19-6-4-3-5-7-19;/h3-11,14-15H,2,12-13,16-17H2,1H3,(H2,27,29,30);1H. The van der Waals surface area contributed by atoms with E-state index in [1.54, 1.807) is 6.20 Å². The van der Waals surface area contributed by atoms with Crippen LogP contribution in [0, 0.1) is 0 Å². The van der Waals surface area contributed by atoms with Crippen LogP contribution in [0.25, 0.3) is 0 Å². The van der Waals surface area contributed by atoms with Crippen molar-refractivity contribution in [3.8, 4) is 0 Å². The largest absolute Gasteiger partial charge is 0.416 e. The first-order valence-electron chi connectivity index (χ1n) is 10.2. The molecule has 0 spiro atoms. The van der Waals surface area contributed by atoms with Crippen molar-refractivity contribution in [3.05, 3.63) is 89.5 Å². The lowest BCUT2D eigenvalue weighted by Gasteiger charge is -2.12. The van der Waals surface area contributed by atoms with Crippen molar-refractivity contribution in [1.29, 1.82) is 0 Å². The van der Waals surface area contributed by atoms with Crippen LogP contribution in [-0.4, -0.2) is 28.6 Å². The summed E-state index contributed by atoms with van der Waals surface area (Å²) in [7, 11) is 0. The second-order valence-electron chi connectivity index (χ2n) is 7.02. The van der Waals surface area contributed by atoms with E-state index in [9.17, 15) is 13.2 Å². The fourth-order valence-electron chi connectivity index (χ4n) is 3.10. The molecule has 0 aliphatic rings. The minimum Gasteiger partial charge on any atom is -0.357 e. The molecule has 32 heavy (non-hydrogen) atoms. The molecule has 0 atom stereocenters. The molecule has 0 unspecified atom stereocenters. The van der Waals surface area contributed by atoms with Gasteiger partial charge in [-0.3, -0.25) is 0 Å². The molecule has 0 amide bonds. The summed E-state index contributed by atoms with van der Waals surface area (Å²) in [5.74, 6) is 1.58. The highest BCUT2D eigenvalue weighted by atomic mass is 127. The van der Waals surface area contributed by atoms with Gasteiger partial charge in [-0.1, -0.05) is 42.5 Å². The fourth-order valence-corrected chi connectivity index (χ4v) is 3.10. The molecule has 1 aromatic heterocycles. The summed E-state index contributed by atoms with van der Waals surface area (Å²) in [5, 5.41) is 6.42. The van der Waals surface area contributed by atoms with Crippen LogP contribution in [0.1, 0.15) is 29.4 Å². The first kappa shape index (κ1) is 25.7. The molecule has 172 valence electrons. The molecule has 0 fully saturated rings. The van der Waals surface area contributed by atoms with Gasteiger partial charge in [0.1, 0.15) is 5.82 Å². The van der Waals surface area contributed by atoms with E-state index in [1.165, 1.54) is 17.7 Å². The van der Waals surface area contributed by atoms with Gasteiger partial charge in [0.05, 0.1) is 12.1 Å². The Morgan fingerprint density at radius 1 is 1.00 bits per heavy atom. The van der Waals surface area contributed by atoms with E-state index in [2.05, 4.69) is 37.3 Å². The molecule has 0 radical (unpaired) electrons. The van der Waals surface area contributed by atoms with Crippen molar-refractivity contribution in [3.63, 3.8) is 0 Å². The second kappa shape index (κ2) is 12.5. The van der Waals surface area contributed by atoms with Crippen LogP contribution in [0.2, 0.25) is 0 Å². The third-order valence-electron chi connectivity index (χ3n) is 4.68. The maximum atomic E-state index is 12.7. The lowest BCUT2D eigenvalue weighted by Crippen LogP contribution is -2.38. The first-order valence-corrected chi connectivity index (χ1v) is 10.2. The quantitative estimate of drug-likeness (QED) is 0.236. The highest BCUT2D eigenvalue weighted by Crippen LogP contribution is 2.29. The van der Waals surface area contributed by atoms with Crippen LogP contribution < -0.4 is 10.6 Å². The van der Waals surface area contributed by atoms with E-state index in [0.29, 0.717) is 31.0 Å². The van der Waals surface area contributed by atoms with E-state index < -0.39 is 11.7 Å². The molecule has 3 aromatic rings. The Balaban J connectivity index is 0.00000363. The van der Waals surface area contributed by atoms with Gasteiger partial charge in [-0.15, -0.1) is 24.0 Å². The smallest absolute Gasteiger partial charge is 0.357 e. The topological polar surface area (TPSA) is 54.2 Å². The number of hydrogen-bond donors (Lipinski definition) is 2. The Bertz CT molecular complexity index is 969. The maximum Gasteiger partial charge on any atom is 0.416 e. The Labute approximate surface area is 203 Å². The Morgan fingerprint density at radius 2 is 1.72 bits per heavy atom. The average Bonchev–Trinajstić information content (AvgIpc) is 3.19. The summed E-state index contributed by atoms with van der Waals surface area (Å²) < 4.78 is 40.2. The van der Waals surface area contributed by atoms with Crippen molar-refractivity contribution in [2.45, 2.75) is 32.6 Å². The number of imidazole rings is 1. The van der Waals surface area contributed by atoms with Crippen molar-refractivity contribution in [2.75, 3.05) is 13.1 Å². The number of hydrogen-bond acceptors (Lipinski definition) is 2. The summed E-state index contributed by atoms with van der Waals surface area (Å²) in [4.78, 5) is 8.92. The Kier molecular flexibility index (Phi) is 10.0. The van der Waals surface area contributed by atoms with E-state index in [0.717, 1.165) is 24.5 Å². The number of alkyl halides is 3. The molecular formula is C23H27F3IN5. The number of halogens is 4. The summed E-state index contributed by atoms with van der Waals surface area (Å²) >= 11 is 0. The predicted octanol–water partition coefficient (Wildman–Crippen LogP) is 4.87. The lowest BCUT2D eigenvalue weighted by molar-refractivity contribution is -0.137. The molecule has 0 bridgehead atoms. The van der Waals surface area contributed by atoms with Crippen LogP contribution >= 0.6 is 24.0 Å². The van der Waals surface area contributed by atoms with Gasteiger partial charge in [0.2, 0.25) is 0 Å². The van der Waals surface area contributed by atoms with Gasteiger partial charge in [0.25, 0.3) is 0 Å². The summed E-state index contributed by atoms with van der Waals surface area (Å²) in [5.41, 5.74) is 1.26. The molecule has 9 heteroatoms. The molecule has 2 N–H and O–H groups in total. The van der Waals surface area contributed by atoms with Crippen LogP contribution in [-0.2, 0) is 25.7 Å². The molecule has 2 aromatic carbocycles. The van der Waals surface area contributed by atoms with Gasteiger partial charge in [-0.2, -0.15) is 13.2 Å². The predicted molar refractivity (Wildman–Crippen MR) is 131 cm³/mol. The van der Waals surface area contributed by atoms with E-state index in [4.69, 9.17) is 0 Å². The average molecular weight is 557 g/mol. The fraction of sp³-hybridized carbons (Fsp3) is 0.304. The molecule has 3 rings (SSSR count). The minimum absolute atomic E-state index is 0. The zero-order chi connectivity index (χ0) is 22.1. The molecule has 0 saturated carbocycles. The number of rotatable bonds is 8. The summed E-state index contributed by atoms with van der Waals surface area (Å²) in [6, 6.07) is 15.3. The van der Waals surface area contributed by atoms with Crippen molar-refractivity contribution < 1.29 is 13.2 Å². The highest BCUT2D eigenvalue weighted by molar-refractivity contribution is 14.0. The van der Waals surface area contributed by atoms with E-state index >= 15 is 0 Å². The monoisotopic (exact) mass is 557 g/mol. The van der Waals surface area contributed by atoms with Gasteiger partial charge >= 0.3 is 6.18 Å². The summed E-state index contributed by atoms with van der Waals surface area (Å²) in [6.45, 7) is 4.32. The molecule has 0 saturated heterocycles. The Morgan fingerprint density at radius 3 is 2.38 bits per heavy atom. The highest BCUT2D eigenvalue weighted by Gasteiger charge is 2.29. The lowest BCUT2D eigenvalue weighted by atomic mass is 10.1. The molecule has 5 nitrogen and oxygen atoms in total. The minimum atomic E-state index is -4.33. The number of aromatic nitrogens is 2. The Hall–Kier alpha value is -2.56. The number of nitrogens with zero attached hydrogens (tertiary/aromatic N) is 3. The third kappa shape index (κ3) is 7.85. The second-order valence-corrected chi connectivity index (χ2v) is 7.02. The number of aliphatic imine (C=N–C) groups is 1. The van der Waals surface area contributed by atoms with Gasteiger partial charge in [0, 0.05) is 38.4 Å². The van der Waals surface area contributed by atoms with E-state index in [-0.39, 0.29) is 30.5 Å². The van der Waals surface area contributed by atoms with Crippen molar-refractivity contribution in [1.82, 2.24) is 20.2 Å². The van der Waals surface area contributed by atoms with Crippen molar-refractivity contribution >= 4 is 29.9 Å². The van der Waals surface area contributed by atoms with Gasteiger partial charge in [-0.25, -0.2) is 9.98 Å². The van der Waals surface area contributed by atoms with Gasteiger partial charge in [-0.05, 0) is 30.2 Å². The normalized spacial score (nSPS) is 11.7. The van der Waals surface area contributed by atoms with Crippen LogP contribution in [0.5, 0.6) is 0 Å². The van der Waals surface area contributed by atoms with Gasteiger partial charge < -0.3 is 15.2 Å². The van der Waals surface area contributed by atoms with E-state index in [1.807, 2.05) is 31.3 Å². The third-order valence-corrected chi connectivity index (χ3v) is 4.68.